The molecule has 1 atom stereocenters. The number of nitrogens with one attached hydrogen (secondary N) is 1. The van der Waals surface area contributed by atoms with Crippen LogP contribution in [0.4, 0.5) is 0 Å². The van der Waals surface area contributed by atoms with Gasteiger partial charge in [0, 0.05) is 18.5 Å². The van der Waals surface area contributed by atoms with Crippen molar-refractivity contribution in [2.45, 2.75) is 25.0 Å². The van der Waals surface area contributed by atoms with Crippen LogP contribution in [-0.2, 0) is 9.53 Å². The van der Waals surface area contributed by atoms with Gasteiger partial charge in [0.05, 0.1) is 17.9 Å². The number of thioether (sulfide) groups is 1. The van der Waals surface area contributed by atoms with Crippen molar-refractivity contribution < 1.29 is 9.53 Å². The number of nitrogens with zero attached hydrogens (tertiary/aromatic N) is 4. The van der Waals surface area contributed by atoms with Gasteiger partial charge in [-0.25, -0.2) is 9.97 Å². The molecule has 7 nitrogen and oxygen atoms in total. The summed E-state index contributed by atoms with van der Waals surface area (Å²) in [4.78, 5) is 21.2. The molecule has 2 aromatic heterocycles. The zero-order valence-corrected chi connectivity index (χ0v) is 14.6. The average Bonchev–Trinajstić information content (AvgIpc) is 2.94. The monoisotopic (exact) mass is 345 g/mol. The molecule has 1 unspecified atom stereocenters. The topological polar surface area (TPSA) is 81.4 Å². The van der Waals surface area contributed by atoms with Gasteiger partial charge in [0.1, 0.15) is 5.82 Å². The Labute approximate surface area is 143 Å². The molecule has 2 heterocycles. The van der Waals surface area contributed by atoms with Crippen molar-refractivity contribution >= 4 is 34.2 Å². The number of carbonyl (C=O) groups is 1. The van der Waals surface area contributed by atoms with Gasteiger partial charge in [0.2, 0.25) is 5.91 Å². The van der Waals surface area contributed by atoms with Gasteiger partial charge in [-0.05, 0) is 26.0 Å². The van der Waals surface area contributed by atoms with Crippen LogP contribution in [0.1, 0.15) is 12.7 Å². The highest BCUT2D eigenvalue weighted by molar-refractivity contribution is 7.99. The van der Waals surface area contributed by atoms with Gasteiger partial charge in [0.15, 0.2) is 10.8 Å². The summed E-state index contributed by atoms with van der Waals surface area (Å²) in [5.41, 5.74) is 1.60. The Kier molecular flexibility index (Phi) is 4.96. The molecule has 1 aromatic carbocycles. The molecular weight excluding hydrogens is 326 g/mol. The van der Waals surface area contributed by atoms with Crippen molar-refractivity contribution in [1.82, 2.24) is 24.9 Å². The minimum Gasteiger partial charge on any atom is -0.383 e. The third kappa shape index (κ3) is 3.49. The maximum Gasteiger partial charge on any atom is 0.230 e. The van der Waals surface area contributed by atoms with Gasteiger partial charge in [-0.3, -0.25) is 4.79 Å². The number of aromatic nitrogens is 4. The van der Waals surface area contributed by atoms with Crippen LogP contribution in [-0.4, -0.2) is 51.0 Å². The third-order valence-electron chi connectivity index (χ3n) is 3.41. The van der Waals surface area contributed by atoms with Crippen molar-refractivity contribution in [2.24, 2.45) is 0 Å². The normalized spacial score (nSPS) is 12.6. The fourth-order valence-electron chi connectivity index (χ4n) is 2.47. The quantitative estimate of drug-likeness (QED) is 0.542. The molecule has 0 saturated heterocycles. The van der Waals surface area contributed by atoms with E-state index in [0.717, 1.165) is 16.6 Å². The molecule has 24 heavy (non-hydrogen) atoms. The zero-order valence-electron chi connectivity index (χ0n) is 13.8. The van der Waals surface area contributed by atoms with Crippen LogP contribution in [0.2, 0.25) is 0 Å². The molecule has 1 N–H and O–H groups in total. The van der Waals surface area contributed by atoms with Gasteiger partial charge in [-0.1, -0.05) is 23.9 Å². The summed E-state index contributed by atoms with van der Waals surface area (Å²) in [7, 11) is 1.61. The highest BCUT2D eigenvalue weighted by atomic mass is 32.2. The number of hydrogen-bond acceptors (Lipinski definition) is 6. The van der Waals surface area contributed by atoms with Gasteiger partial charge in [0.25, 0.3) is 0 Å². The van der Waals surface area contributed by atoms with E-state index in [2.05, 4.69) is 20.4 Å². The summed E-state index contributed by atoms with van der Waals surface area (Å²) in [5.74, 6) is 0.866. The molecule has 0 radical (unpaired) electrons. The number of amides is 1. The highest BCUT2D eigenvalue weighted by Gasteiger charge is 2.14. The molecule has 126 valence electrons. The van der Waals surface area contributed by atoms with Crippen LogP contribution in [0.25, 0.3) is 16.6 Å². The third-order valence-corrected chi connectivity index (χ3v) is 4.34. The molecule has 0 saturated carbocycles. The van der Waals surface area contributed by atoms with Crippen molar-refractivity contribution in [3.05, 3.63) is 30.1 Å². The summed E-state index contributed by atoms with van der Waals surface area (Å²) in [5, 5.41) is 8.88. The van der Waals surface area contributed by atoms with Gasteiger partial charge in [-0.15, -0.1) is 5.10 Å². The SMILES string of the molecule is COCC(C)NC(=O)CSc1nc2ccccc2c2nc(C)nn12. The van der Waals surface area contributed by atoms with Crippen LogP contribution in [0, 0.1) is 6.92 Å². The van der Waals surface area contributed by atoms with Crippen LogP contribution in [0.15, 0.2) is 29.4 Å². The fraction of sp³-hybridized carbons (Fsp3) is 0.375. The highest BCUT2D eigenvalue weighted by Crippen LogP contribution is 2.23. The second-order valence-electron chi connectivity index (χ2n) is 5.52. The standard InChI is InChI=1S/C16H19N5O2S/c1-10(8-23-3)17-14(22)9-24-16-19-13-7-5-4-6-12(13)15-18-11(2)20-21(15)16/h4-7,10H,8-9H2,1-3H3,(H,17,22). The van der Waals surface area contributed by atoms with E-state index in [1.54, 1.807) is 11.6 Å². The molecule has 0 spiro atoms. The number of carbonyl (C=O) groups excluding carboxylic acids is 1. The van der Waals surface area contributed by atoms with Crippen LogP contribution >= 0.6 is 11.8 Å². The number of benzene rings is 1. The number of fused-ring (bicyclic) bond motifs is 3. The van der Waals surface area contributed by atoms with E-state index >= 15 is 0 Å². The maximum atomic E-state index is 12.0. The van der Waals surface area contributed by atoms with E-state index in [0.29, 0.717) is 17.6 Å². The largest absolute Gasteiger partial charge is 0.383 e. The number of rotatable bonds is 6. The minimum atomic E-state index is -0.0653. The minimum absolute atomic E-state index is 0.0266. The first-order valence-corrected chi connectivity index (χ1v) is 8.60. The smallest absolute Gasteiger partial charge is 0.230 e. The van der Waals surface area contributed by atoms with E-state index in [9.17, 15) is 4.79 Å². The molecule has 0 aliphatic carbocycles. The molecule has 8 heteroatoms. The summed E-state index contributed by atoms with van der Waals surface area (Å²) < 4.78 is 6.72. The first-order valence-electron chi connectivity index (χ1n) is 7.61. The molecular formula is C16H19N5O2S. The zero-order chi connectivity index (χ0) is 17.1. The van der Waals surface area contributed by atoms with Crippen molar-refractivity contribution in [3.63, 3.8) is 0 Å². The second kappa shape index (κ2) is 7.14. The van der Waals surface area contributed by atoms with Gasteiger partial charge < -0.3 is 10.1 Å². The Bertz CT molecular complexity index is 879. The Balaban J connectivity index is 1.84. The number of para-hydroxylation sites is 1. The molecule has 3 rings (SSSR count). The Morgan fingerprint density at radius 1 is 1.38 bits per heavy atom. The van der Waals surface area contributed by atoms with Crippen LogP contribution < -0.4 is 5.32 Å². The van der Waals surface area contributed by atoms with Gasteiger partial charge in [-0.2, -0.15) is 4.52 Å². The van der Waals surface area contributed by atoms with Crippen molar-refractivity contribution in [1.29, 1.82) is 0 Å². The van der Waals surface area contributed by atoms with Crippen molar-refractivity contribution in [2.75, 3.05) is 19.5 Å². The Morgan fingerprint density at radius 2 is 2.17 bits per heavy atom. The van der Waals surface area contributed by atoms with E-state index in [1.807, 2.05) is 38.1 Å². The van der Waals surface area contributed by atoms with E-state index < -0.39 is 0 Å². The predicted molar refractivity (Wildman–Crippen MR) is 93.2 cm³/mol. The predicted octanol–water partition coefficient (Wildman–Crippen LogP) is 1.83. The lowest BCUT2D eigenvalue weighted by atomic mass is 10.2. The summed E-state index contributed by atoms with van der Waals surface area (Å²) in [6, 6.07) is 7.76. The lowest BCUT2D eigenvalue weighted by Crippen LogP contribution is -2.36. The number of methoxy groups -OCH3 is 1. The Morgan fingerprint density at radius 3 is 2.96 bits per heavy atom. The first-order chi connectivity index (χ1) is 11.6. The fourth-order valence-corrected chi connectivity index (χ4v) is 3.22. The molecule has 0 aliphatic rings. The average molecular weight is 345 g/mol. The summed E-state index contributed by atoms with van der Waals surface area (Å²) in [6.45, 7) is 4.23. The first kappa shape index (κ1) is 16.7. The maximum absolute atomic E-state index is 12.0. The van der Waals surface area contributed by atoms with E-state index in [-0.39, 0.29) is 17.7 Å². The molecule has 0 fully saturated rings. The van der Waals surface area contributed by atoms with E-state index in [4.69, 9.17) is 4.74 Å². The lowest BCUT2D eigenvalue weighted by Gasteiger charge is -2.12. The molecule has 3 aromatic rings. The Hall–Kier alpha value is -2.19. The second-order valence-corrected chi connectivity index (χ2v) is 6.46. The number of hydrogen-bond donors (Lipinski definition) is 1. The number of ether oxygens (including phenoxy) is 1. The molecule has 0 bridgehead atoms. The molecule has 0 aliphatic heterocycles. The van der Waals surface area contributed by atoms with Gasteiger partial charge >= 0.3 is 0 Å². The van der Waals surface area contributed by atoms with Crippen LogP contribution in [0.5, 0.6) is 0 Å². The number of aryl methyl sites for hydroxylation is 1. The van der Waals surface area contributed by atoms with Crippen LogP contribution in [0.3, 0.4) is 0 Å². The van der Waals surface area contributed by atoms with E-state index in [1.165, 1.54) is 11.8 Å². The lowest BCUT2D eigenvalue weighted by molar-refractivity contribution is -0.119. The summed E-state index contributed by atoms with van der Waals surface area (Å²) in [6.07, 6.45) is 0. The molecule has 1 amide bonds. The summed E-state index contributed by atoms with van der Waals surface area (Å²) >= 11 is 1.34. The van der Waals surface area contributed by atoms with Crippen molar-refractivity contribution in [3.8, 4) is 0 Å².